The molecule has 0 aromatic carbocycles. The van der Waals surface area contributed by atoms with Gasteiger partial charge in [-0.3, -0.25) is 9.36 Å². The van der Waals surface area contributed by atoms with Gasteiger partial charge in [0.25, 0.3) is 7.82 Å². The summed E-state index contributed by atoms with van der Waals surface area (Å²) in [6.07, 6.45) is 53.1. The van der Waals surface area contributed by atoms with Crippen LogP contribution in [0.15, 0.2) is 85.1 Å². The maximum Gasteiger partial charge on any atom is 0.306 e. The van der Waals surface area contributed by atoms with Gasteiger partial charge in [-0.15, -0.1) is 0 Å². The van der Waals surface area contributed by atoms with Crippen molar-refractivity contribution < 1.29 is 37.3 Å². The molecule has 0 fully saturated rings. The normalized spacial score (nSPS) is 14.6. The number of rotatable bonds is 40. The van der Waals surface area contributed by atoms with Gasteiger partial charge in [-0.1, -0.05) is 144 Å². The predicted octanol–water partition coefficient (Wildman–Crippen LogP) is 12.6. The van der Waals surface area contributed by atoms with E-state index in [-0.39, 0.29) is 32.2 Å². The number of hydrogen-bond donors (Lipinski definition) is 0. The molecule has 8 nitrogen and oxygen atoms in total. The van der Waals surface area contributed by atoms with E-state index in [0.29, 0.717) is 17.6 Å². The van der Waals surface area contributed by atoms with Gasteiger partial charge < -0.3 is 27.9 Å². The summed E-state index contributed by atoms with van der Waals surface area (Å²) < 4.78 is 34.5. The fraction of sp³-hybridized carbons (Fsp3) is 0.688. The zero-order chi connectivity index (χ0) is 42.0. The van der Waals surface area contributed by atoms with E-state index in [4.69, 9.17) is 18.5 Å². The van der Waals surface area contributed by atoms with Crippen LogP contribution in [0.5, 0.6) is 0 Å². The number of quaternary nitrogens is 1. The van der Waals surface area contributed by atoms with Crippen molar-refractivity contribution in [2.75, 3.05) is 54.1 Å². The Labute approximate surface area is 350 Å². The van der Waals surface area contributed by atoms with Gasteiger partial charge in [0.05, 0.1) is 34.4 Å². The first-order chi connectivity index (χ1) is 27.6. The molecule has 0 amide bonds. The maximum atomic E-state index is 12.7. The number of carbonyl (C=O) groups is 1. The van der Waals surface area contributed by atoms with Gasteiger partial charge in [0, 0.05) is 13.0 Å². The number of nitrogens with zero attached hydrogens (tertiary/aromatic N) is 1. The molecule has 0 aromatic heterocycles. The Morgan fingerprint density at radius 3 is 1.53 bits per heavy atom. The van der Waals surface area contributed by atoms with Gasteiger partial charge >= 0.3 is 5.97 Å². The molecule has 0 radical (unpaired) electrons. The van der Waals surface area contributed by atoms with Gasteiger partial charge in [-0.25, -0.2) is 0 Å². The molecule has 0 saturated carbocycles. The van der Waals surface area contributed by atoms with Crippen molar-refractivity contribution in [2.24, 2.45) is 0 Å². The van der Waals surface area contributed by atoms with Crippen molar-refractivity contribution in [2.45, 2.75) is 161 Å². The van der Waals surface area contributed by atoms with Crippen LogP contribution in [0.4, 0.5) is 0 Å². The summed E-state index contributed by atoms with van der Waals surface area (Å²) in [5.41, 5.74) is 0. The van der Waals surface area contributed by atoms with E-state index >= 15 is 0 Å². The van der Waals surface area contributed by atoms with Crippen LogP contribution in [-0.4, -0.2) is 70.7 Å². The van der Waals surface area contributed by atoms with E-state index < -0.39 is 13.9 Å². The summed E-state index contributed by atoms with van der Waals surface area (Å²) in [4.78, 5) is 25.1. The molecule has 0 aliphatic rings. The maximum absolute atomic E-state index is 12.7. The summed E-state index contributed by atoms with van der Waals surface area (Å²) in [5, 5.41) is 0. The molecule has 2 atom stereocenters. The number of carbonyl (C=O) groups excluding carboxylic acids is 1. The summed E-state index contributed by atoms with van der Waals surface area (Å²) in [7, 11) is 1.31. The number of allylic oxidation sites excluding steroid dienone is 14. The fourth-order valence-corrected chi connectivity index (χ4v) is 6.21. The monoisotopic (exact) mass is 818 g/mol. The molecule has 0 heterocycles. The van der Waals surface area contributed by atoms with Gasteiger partial charge in [-0.2, -0.15) is 0 Å². The molecule has 57 heavy (non-hydrogen) atoms. The van der Waals surface area contributed by atoms with E-state index in [1.807, 2.05) is 21.1 Å². The second-order valence-corrected chi connectivity index (χ2v) is 17.1. The number of phosphoric ester groups is 1. The van der Waals surface area contributed by atoms with Crippen molar-refractivity contribution in [3.63, 3.8) is 0 Å². The van der Waals surface area contributed by atoms with Crippen LogP contribution in [0, 0.1) is 0 Å². The van der Waals surface area contributed by atoms with Crippen molar-refractivity contribution in [3.8, 4) is 0 Å². The minimum atomic E-state index is -4.55. The Kier molecular flexibility index (Phi) is 38.8. The van der Waals surface area contributed by atoms with Crippen LogP contribution >= 0.6 is 7.82 Å². The highest BCUT2D eigenvalue weighted by Crippen LogP contribution is 2.38. The molecule has 0 N–H and O–H groups in total. The lowest BCUT2D eigenvalue weighted by molar-refractivity contribution is -0.870. The average Bonchev–Trinajstić information content (AvgIpc) is 3.16. The number of likely N-dealkylation sites (N-methyl/N-ethyl adjacent to an activating group) is 1. The lowest BCUT2D eigenvalue weighted by atomic mass is 10.1. The highest BCUT2D eigenvalue weighted by atomic mass is 31.2. The molecule has 9 heteroatoms. The summed E-state index contributed by atoms with van der Waals surface area (Å²) >= 11 is 0. The number of esters is 1. The second-order valence-electron chi connectivity index (χ2n) is 15.7. The Balaban J connectivity index is 4.35. The minimum Gasteiger partial charge on any atom is -0.756 e. The highest BCUT2D eigenvalue weighted by Gasteiger charge is 2.20. The van der Waals surface area contributed by atoms with E-state index in [9.17, 15) is 14.3 Å². The van der Waals surface area contributed by atoms with Crippen LogP contribution in [-0.2, 0) is 27.9 Å². The zero-order valence-corrected chi connectivity index (χ0v) is 37.9. The van der Waals surface area contributed by atoms with E-state index in [1.165, 1.54) is 44.9 Å². The minimum absolute atomic E-state index is 0.0112. The lowest BCUT2D eigenvalue weighted by Crippen LogP contribution is -2.37. The quantitative estimate of drug-likeness (QED) is 0.0200. The van der Waals surface area contributed by atoms with Gasteiger partial charge in [0.15, 0.2) is 0 Å². The van der Waals surface area contributed by atoms with Crippen molar-refractivity contribution in [1.82, 2.24) is 0 Å². The predicted molar refractivity (Wildman–Crippen MR) is 240 cm³/mol. The fourth-order valence-electron chi connectivity index (χ4n) is 5.48. The highest BCUT2D eigenvalue weighted by molar-refractivity contribution is 7.45. The summed E-state index contributed by atoms with van der Waals surface area (Å²) in [6.45, 7) is 5.12. The zero-order valence-electron chi connectivity index (χ0n) is 37.0. The number of phosphoric acid groups is 1. The van der Waals surface area contributed by atoms with E-state index in [1.54, 1.807) is 0 Å². The Morgan fingerprint density at radius 2 is 1.02 bits per heavy atom. The Bertz CT molecular complexity index is 1180. The molecular formula is C48H84NO7P. The number of hydrogen-bond acceptors (Lipinski definition) is 7. The summed E-state index contributed by atoms with van der Waals surface area (Å²) in [5.74, 6) is -0.361. The number of ether oxygens (including phenoxy) is 2. The van der Waals surface area contributed by atoms with Crippen LogP contribution in [0.1, 0.15) is 155 Å². The molecule has 0 spiro atoms. The first-order valence-electron chi connectivity index (χ1n) is 22.3. The Morgan fingerprint density at radius 1 is 0.561 bits per heavy atom. The molecule has 328 valence electrons. The third-order valence-corrected chi connectivity index (χ3v) is 9.89. The topological polar surface area (TPSA) is 94.1 Å². The van der Waals surface area contributed by atoms with Crippen molar-refractivity contribution in [3.05, 3.63) is 85.1 Å². The van der Waals surface area contributed by atoms with Crippen LogP contribution in [0.25, 0.3) is 0 Å². The van der Waals surface area contributed by atoms with E-state index in [0.717, 1.165) is 89.9 Å². The molecule has 0 bridgehead atoms. The largest absolute Gasteiger partial charge is 0.756 e. The molecule has 0 aliphatic carbocycles. The average molecular weight is 818 g/mol. The first-order valence-corrected chi connectivity index (χ1v) is 23.8. The smallest absolute Gasteiger partial charge is 0.306 e. The number of unbranched alkanes of at least 4 members (excludes halogenated alkanes) is 12. The van der Waals surface area contributed by atoms with Crippen LogP contribution in [0.2, 0.25) is 0 Å². The second kappa shape index (κ2) is 40.5. The standard InChI is InChI=1S/C48H84NO7P/c1-6-8-10-12-14-16-18-20-22-24-26-28-30-32-34-36-38-40-43-53-45-47(46-55-57(51,52)54-44-42-49(3,4)5)56-48(50)41-39-37-35-33-31-29-27-25-23-21-19-17-15-13-11-9-7-2/h8,10,14-17,20-23,26,28,32,34,47H,6-7,9,11-13,18-19,24-25,27,29-31,33,35-46H2,1-5H3/b10-8-,16-14-,17-15-,22-20-,23-21-,28-26-,34-32-. The molecule has 2 unspecified atom stereocenters. The van der Waals surface area contributed by atoms with Gasteiger partial charge in [0.1, 0.15) is 19.3 Å². The molecule has 0 aromatic rings. The van der Waals surface area contributed by atoms with Crippen LogP contribution < -0.4 is 4.89 Å². The molecule has 0 saturated heterocycles. The van der Waals surface area contributed by atoms with Crippen molar-refractivity contribution >= 4 is 13.8 Å². The Hall–Kier alpha value is -2.32. The first kappa shape index (κ1) is 54.7. The molecule has 0 rings (SSSR count). The molecular weight excluding hydrogens is 734 g/mol. The van der Waals surface area contributed by atoms with Gasteiger partial charge in [-0.05, 0) is 89.9 Å². The molecule has 0 aliphatic heterocycles. The third kappa shape index (κ3) is 44.6. The van der Waals surface area contributed by atoms with Gasteiger partial charge in [0.2, 0.25) is 0 Å². The third-order valence-electron chi connectivity index (χ3n) is 8.93. The lowest BCUT2D eigenvalue weighted by Gasteiger charge is -2.28. The SMILES string of the molecule is CC/C=C\C/C=C\C/C=C\C/C=C\C/C=C\CCCCOCC(COP(=O)([O-])OCC[N+](C)(C)C)OC(=O)CCCCCCCCC/C=C\C/C=C\CCCCC. The van der Waals surface area contributed by atoms with E-state index in [2.05, 4.69) is 98.9 Å². The summed E-state index contributed by atoms with van der Waals surface area (Å²) in [6, 6.07) is 0. The van der Waals surface area contributed by atoms with Crippen molar-refractivity contribution in [1.29, 1.82) is 0 Å². The van der Waals surface area contributed by atoms with Crippen LogP contribution in [0.3, 0.4) is 0 Å².